The second-order valence-corrected chi connectivity index (χ2v) is 5.08. The lowest BCUT2D eigenvalue weighted by Gasteiger charge is -1.96. The van der Waals surface area contributed by atoms with Crippen molar-refractivity contribution in [3.05, 3.63) is 39.4 Å². The van der Waals surface area contributed by atoms with E-state index in [-0.39, 0.29) is 11.1 Å². The van der Waals surface area contributed by atoms with E-state index in [1.54, 1.807) is 18.2 Å². The van der Waals surface area contributed by atoms with E-state index in [2.05, 4.69) is 9.97 Å². The van der Waals surface area contributed by atoms with Gasteiger partial charge in [0.1, 0.15) is 16.9 Å². The van der Waals surface area contributed by atoms with Gasteiger partial charge in [-0.25, -0.2) is 4.98 Å². The van der Waals surface area contributed by atoms with Gasteiger partial charge in [0.15, 0.2) is 0 Å². The van der Waals surface area contributed by atoms with E-state index in [4.69, 9.17) is 16.0 Å². The molecular weight excluding hydrogens is 252 g/mol. The molecule has 90 valence electrons. The van der Waals surface area contributed by atoms with Crippen LogP contribution in [0.5, 0.6) is 0 Å². The van der Waals surface area contributed by atoms with Crippen LogP contribution in [0.15, 0.2) is 27.4 Å². The zero-order valence-corrected chi connectivity index (χ0v) is 10.1. The molecule has 0 saturated heterocycles. The van der Waals surface area contributed by atoms with Gasteiger partial charge < -0.3 is 9.40 Å². The molecule has 0 bridgehead atoms. The van der Waals surface area contributed by atoms with E-state index in [0.717, 1.165) is 24.1 Å². The molecule has 1 aliphatic rings. The van der Waals surface area contributed by atoms with E-state index < -0.39 is 0 Å². The van der Waals surface area contributed by atoms with E-state index in [1.165, 1.54) is 0 Å². The number of hydrogen-bond acceptors (Lipinski definition) is 3. The second-order valence-electron chi connectivity index (χ2n) is 4.65. The summed E-state index contributed by atoms with van der Waals surface area (Å²) in [6.07, 6.45) is 2.18. The zero-order valence-electron chi connectivity index (χ0n) is 9.37. The Kier molecular flexibility index (Phi) is 1.89. The number of rotatable bonds is 1. The molecule has 0 aliphatic heterocycles. The summed E-state index contributed by atoms with van der Waals surface area (Å²) in [5.41, 5.74) is 1.31. The van der Waals surface area contributed by atoms with Gasteiger partial charge in [-0.3, -0.25) is 4.79 Å². The number of benzene rings is 1. The van der Waals surface area contributed by atoms with Crippen LogP contribution in [0.3, 0.4) is 0 Å². The van der Waals surface area contributed by atoms with Crippen LogP contribution in [-0.2, 0) is 0 Å². The van der Waals surface area contributed by atoms with Gasteiger partial charge in [0.05, 0.1) is 0 Å². The number of fused-ring (bicyclic) bond motifs is 3. The average molecular weight is 261 g/mol. The molecule has 0 atom stereocenters. The Morgan fingerprint density at radius 3 is 3.00 bits per heavy atom. The summed E-state index contributed by atoms with van der Waals surface area (Å²) < 4.78 is 5.53. The molecule has 0 radical (unpaired) electrons. The molecule has 1 N–H and O–H groups in total. The van der Waals surface area contributed by atoms with Crippen LogP contribution in [0, 0.1) is 0 Å². The third kappa shape index (κ3) is 1.39. The molecule has 1 aromatic carbocycles. The molecule has 0 amide bonds. The van der Waals surface area contributed by atoms with Crippen LogP contribution >= 0.6 is 11.6 Å². The zero-order chi connectivity index (χ0) is 12.3. The van der Waals surface area contributed by atoms with Gasteiger partial charge in [0.2, 0.25) is 5.58 Å². The predicted octanol–water partition coefficient (Wildman–Crippen LogP) is 3.20. The summed E-state index contributed by atoms with van der Waals surface area (Å²) in [6.45, 7) is 0. The number of aromatic amines is 1. The Morgan fingerprint density at radius 1 is 1.39 bits per heavy atom. The monoisotopic (exact) mass is 260 g/mol. The van der Waals surface area contributed by atoms with Crippen molar-refractivity contribution < 1.29 is 4.42 Å². The maximum absolute atomic E-state index is 12.0. The van der Waals surface area contributed by atoms with Gasteiger partial charge in [-0.1, -0.05) is 11.6 Å². The molecule has 0 spiro atoms. The number of furan rings is 1. The largest absolute Gasteiger partial charge is 0.449 e. The lowest BCUT2D eigenvalue weighted by molar-refractivity contribution is 0.659. The number of nitrogens with one attached hydrogen (secondary N) is 1. The van der Waals surface area contributed by atoms with Gasteiger partial charge in [-0.2, -0.15) is 0 Å². The Morgan fingerprint density at radius 2 is 2.22 bits per heavy atom. The summed E-state index contributed by atoms with van der Waals surface area (Å²) in [5.74, 6) is 1.15. The third-order valence-corrected chi connectivity index (χ3v) is 3.50. The molecule has 2 heterocycles. The van der Waals surface area contributed by atoms with Crippen LogP contribution in [0.2, 0.25) is 5.02 Å². The van der Waals surface area contributed by atoms with Crippen molar-refractivity contribution in [1.29, 1.82) is 0 Å². The fourth-order valence-electron chi connectivity index (χ4n) is 2.19. The molecule has 0 unspecified atom stereocenters. The maximum atomic E-state index is 12.0. The highest BCUT2D eigenvalue weighted by molar-refractivity contribution is 6.31. The van der Waals surface area contributed by atoms with Crippen molar-refractivity contribution in [2.24, 2.45) is 0 Å². The maximum Gasteiger partial charge on any atom is 0.294 e. The summed E-state index contributed by atoms with van der Waals surface area (Å²) in [4.78, 5) is 19.3. The lowest BCUT2D eigenvalue weighted by Crippen LogP contribution is -2.09. The number of H-pyrrole nitrogens is 1. The molecule has 4 nitrogen and oxygen atoms in total. The topological polar surface area (TPSA) is 58.9 Å². The third-order valence-electron chi connectivity index (χ3n) is 3.27. The lowest BCUT2D eigenvalue weighted by atomic mass is 10.2. The summed E-state index contributed by atoms with van der Waals surface area (Å²) in [6, 6.07) is 5.28. The van der Waals surface area contributed by atoms with Crippen molar-refractivity contribution in [1.82, 2.24) is 9.97 Å². The van der Waals surface area contributed by atoms with Gasteiger partial charge in [-0.15, -0.1) is 0 Å². The molecule has 1 aliphatic carbocycles. The van der Waals surface area contributed by atoms with Gasteiger partial charge in [-0.05, 0) is 31.0 Å². The van der Waals surface area contributed by atoms with Crippen molar-refractivity contribution in [2.75, 3.05) is 0 Å². The number of hydrogen-bond donors (Lipinski definition) is 1. The predicted molar refractivity (Wildman–Crippen MR) is 69.1 cm³/mol. The van der Waals surface area contributed by atoms with Crippen molar-refractivity contribution in [2.45, 2.75) is 18.8 Å². The van der Waals surface area contributed by atoms with Crippen LogP contribution in [-0.4, -0.2) is 9.97 Å². The minimum absolute atomic E-state index is 0.214. The highest BCUT2D eigenvalue weighted by Gasteiger charge is 2.27. The molecule has 4 rings (SSSR count). The number of aromatic nitrogens is 2. The van der Waals surface area contributed by atoms with Crippen LogP contribution in [0.4, 0.5) is 0 Å². The Bertz CT molecular complexity index is 830. The molecular formula is C13H9ClN2O2. The van der Waals surface area contributed by atoms with Crippen molar-refractivity contribution in [3.63, 3.8) is 0 Å². The molecule has 5 heteroatoms. The summed E-state index contributed by atoms with van der Waals surface area (Å²) >= 11 is 5.98. The standard InChI is InChI=1S/C13H9ClN2O2/c14-7-3-4-9-8(5-7)10-11(18-9)13(17)16-12(15-10)6-1-2-6/h3-6H,1-2H2,(H,15,16,17). The highest BCUT2D eigenvalue weighted by atomic mass is 35.5. The molecule has 2 aromatic heterocycles. The fraction of sp³-hybridized carbons (Fsp3) is 0.231. The quantitative estimate of drug-likeness (QED) is 0.731. The van der Waals surface area contributed by atoms with E-state index in [1.807, 2.05) is 0 Å². The smallest absolute Gasteiger partial charge is 0.294 e. The minimum Gasteiger partial charge on any atom is -0.449 e. The first kappa shape index (κ1) is 10.1. The molecule has 1 fully saturated rings. The number of halogens is 1. The van der Waals surface area contributed by atoms with E-state index in [0.29, 0.717) is 22.0 Å². The molecule has 3 aromatic rings. The normalized spacial score (nSPS) is 15.6. The molecule has 1 saturated carbocycles. The SMILES string of the molecule is O=c1[nH]c(C2CC2)nc2c1oc1ccc(Cl)cc12. The highest BCUT2D eigenvalue weighted by Crippen LogP contribution is 2.38. The minimum atomic E-state index is -0.214. The first-order chi connectivity index (χ1) is 8.72. The van der Waals surface area contributed by atoms with Gasteiger partial charge in [0, 0.05) is 16.3 Å². The summed E-state index contributed by atoms with van der Waals surface area (Å²) in [7, 11) is 0. The number of nitrogens with zero attached hydrogens (tertiary/aromatic N) is 1. The van der Waals surface area contributed by atoms with Crippen molar-refractivity contribution in [3.8, 4) is 0 Å². The van der Waals surface area contributed by atoms with E-state index >= 15 is 0 Å². The Labute approximate surface area is 107 Å². The van der Waals surface area contributed by atoms with Gasteiger partial charge in [0.25, 0.3) is 5.56 Å². The first-order valence-corrected chi connectivity index (χ1v) is 6.22. The van der Waals surface area contributed by atoms with Crippen LogP contribution in [0.1, 0.15) is 24.6 Å². The Balaban J connectivity index is 2.16. The fourth-order valence-corrected chi connectivity index (χ4v) is 2.37. The Hall–Kier alpha value is -1.81. The van der Waals surface area contributed by atoms with Crippen molar-refractivity contribution >= 4 is 33.7 Å². The van der Waals surface area contributed by atoms with Gasteiger partial charge >= 0.3 is 0 Å². The first-order valence-electron chi connectivity index (χ1n) is 5.84. The van der Waals surface area contributed by atoms with E-state index in [9.17, 15) is 4.79 Å². The summed E-state index contributed by atoms with van der Waals surface area (Å²) in [5, 5.41) is 1.41. The molecule has 18 heavy (non-hydrogen) atoms. The second kappa shape index (κ2) is 3.36. The average Bonchev–Trinajstić information content (AvgIpc) is 3.13. The van der Waals surface area contributed by atoms with Crippen LogP contribution in [0.25, 0.3) is 22.1 Å². The van der Waals surface area contributed by atoms with Crippen LogP contribution < -0.4 is 5.56 Å².